The van der Waals surface area contributed by atoms with Crippen molar-refractivity contribution in [1.82, 2.24) is 4.57 Å². The van der Waals surface area contributed by atoms with Crippen LogP contribution in [0, 0.1) is 20.8 Å². The molecule has 0 amide bonds. The van der Waals surface area contributed by atoms with Crippen LogP contribution in [0.4, 0.5) is 0 Å². The van der Waals surface area contributed by atoms with E-state index in [0.717, 1.165) is 0 Å². The highest BCUT2D eigenvalue weighted by Crippen LogP contribution is 2.37. The Morgan fingerprint density at radius 3 is 1.67 bits per heavy atom. The summed E-state index contributed by atoms with van der Waals surface area (Å²) in [6, 6.07) is 0. The Bertz CT molecular complexity index is 447. The fraction of sp³-hybridized carbons (Fsp3) is 0.714. The van der Waals surface area contributed by atoms with Gasteiger partial charge >= 0.3 is 7.12 Å². The molecule has 0 aliphatic carbocycles. The van der Waals surface area contributed by atoms with Crippen LogP contribution in [0.2, 0.25) is 0 Å². The zero-order valence-corrected chi connectivity index (χ0v) is 12.8. The second kappa shape index (κ2) is 3.88. The number of hydrogen-bond acceptors (Lipinski definition) is 2. The molecule has 1 fully saturated rings. The fourth-order valence-corrected chi connectivity index (χ4v) is 2.46. The molecule has 1 aliphatic rings. The second-order valence-corrected chi connectivity index (χ2v) is 6.36. The first-order chi connectivity index (χ1) is 8.08. The van der Waals surface area contributed by atoms with E-state index >= 15 is 0 Å². The highest BCUT2D eigenvalue weighted by atomic mass is 16.7. The lowest BCUT2D eigenvalue weighted by Gasteiger charge is -2.32. The van der Waals surface area contributed by atoms with Gasteiger partial charge in [-0.15, -0.1) is 0 Å². The quantitative estimate of drug-likeness (QED) is 0.712. The first-order valence-electron chi connectivity index (χ1n) is 6.56. The van der Waals surface area contributed by atoms with Gasteiger partial charge in [-0.05, 0) is 54.0 Å². The van der Waals surface area contributed by atoms with Gasteiger partial charge in [0.15, 0.2) is 0 Å². The maximum atomic E-state index is 6.14. The van der Waals surface area contributed by atoms with E-state index in [9.17, 15) is 0 Å². The maximum absolute atomic E-state index is 6.14. The van der Waals surface area contributed by atoms with Crippen molar-refractivity contribution in [3.8, 4) is 0 Å². The normalized spacial score (nSPS) is 21.7. The molecule has 2 heterocycles. The largest absolute Gasteiger partial charge is 0.496 e. The first-order valence-corrected chi connectivity index (χ1v) is 6.56. The molecule has 0 N–H and O–H groups in total. The lowest BCUT2D eigenvalue weighted by Crippen LogP contribution is -2.41. The summed E-state index contributed by atoms with van der Waals surface area (Å²) in [6.07, 6.45) is 0. The Labute approximate surface area is 111 Å². The standard InChI is InChI=1S/C14H24BNO2/c1-9-10(2)16(8)11(3)12(9)15-17-13(4,5)14(6,7)18-15/h1-8H3. The van der Waals surface area contributed by atoms with Crippen molar-refractivity contribution in [3.05, 3.63) is 17.0 Å². The van der Waals surface area contributed by atoms with Crippen molar-refractivity contribution in [2.75, 3.05) is 0 Å². The minimum absolute atomic E-state index is 0.255. The van der Waals surface area contributed by atoms with E-state index in [1.165, 1.54) is 22.4 Å². The number of hydrogen-bond donors (Lipinski definition) is 0. The first kappa shape index (κ1) is 13.7. The molecule has 0 atom stereocenters. The van der Waals surface area contributed by atoms with E-state index in [1.807, 2.05) is 0 Å². The Morgan fingerprint density at radius 2 is 1.33 bits per heavy atom. The van der Waals surface area contributed by atoms with Gasteiger partial charge in [-0.2, -0.15) is 0 Å². The van der Waals surface area contributed by atoms with Gasteiger partial charge in [-0.3, -0.25) is 0 Å². The maximum Gasteiger partial charge on any atom is 0.496 e. The van der Waals surface area contributed by atoms with Crippen LogP contribution in [0.25, 0.3) is 0 Å². The van der Waals surface area contributed by atoms with E-state index < -0.39 is 0 Å². The van der Waals surface area contributed by atoms with Crippen molar-refractivity contribution in [3.63, 3.8) is 0 Å². The van der Waals surface area contributed by atoms with Gasteiger partial charge in [0.25, 0.3) is 0 Å². The van der Waals surface area contributed by atoms with Gasteiger partial charge in [0.05, 0.1) is 11.2 Å². The van der Waals surface area contributed by atoms with E-state index in [4.69, 9.17) is 9.31 Å². The number of aromatic nitrogens is 1. The summed E-state index contributed by atoms with van der Waals surface area (Å²) in [5, 5.41) is 0. The summed E-state index contributed by atoms with van der Waals surface area (Å²) >= 11 is 0. The van der Waals surface area contributed by atoms with Crippen molar-refractivity contribution in [2.45, 2.75) is 59.7 Å². The Morgan fingerprint density at radius 1 is 0.889 bits per heavy atom. The van der Waals surface area contributed by atoms with Crippen molar-refractivity contribution < 1.29 is 9.31 Å². The molecule has 4 heteroatoms. The molecular formula is C14H24BNO2. The molecule has 18 heavy (non-hydrogen) atoms. The molecule has 0 radical (unpaired) electrons. The smallest absolute Gasteiger partial charge is 0.399 e. The highest BCUT2D eigenvalue weighted by molar-refractivity contribution is 6.63. The SMILES string of the molecule is Cc1c(B2OC(C)(C)C(C)(C)O2)c(C)n(C)c1C. The topological polar surface area (TPSA) is 23.4 Å². The van der Waals surface area contributed by atoms with Gasteiger partial charge in [0.2, 0.25) is 0 Å². The number of rotatable bonds is 1. The third kappa shape index (κ3) is 1.74. The summed E-state index contributed by atoms with van der Waals surface area (Å²) in [4.78, 5) is 0. The van der Waals surface area contributed by atoms with Gasteiger partial charge in [-0.25, -0.2) is 0 Å². The molecule has 1 aliphatic heterocycles. The monoisotopic (exact) mass is 249 g/mol. The lowest BCUT2D eigenvalue weighted by atomic mass is 9.76. The highest BCUT2D eigenvalue weighted by Gasteiger charge is 2.52. The molecule has 1 saturated heterocycles. The second-order valence-electron chi connectivity index (χ2n) is 6.36. The predicted molar refractivity (Wildman–Crippen MR) is 75.3 cm³/mol. The van der Waals surface area contributed by atoms with Crippen LogP contribution in [0.15, 0.2) is 0 Å². The van der Waals surface area contributed by atoms with Crippen LogP contribution in [0.5, 0.6) is 0 Å². The van der Waals surface area contributed by atoms with Gasteiger partial charge < -0.3 is 13.9 Å². The summed E-state index contributed by atoms with van der Waals surface area (Å²) in [5.74, 6) is 0. The minimum atomic E-state index is -0.277. The van der Waals surface area contributed by atoms with Crippen molar-refractivity contribution >= 4 is 12.6 Å². The molecule has 2 rings (SSSR count). The molecule has 0 bridgehead atoms. The zero-order valence-electron chi connectivity index (χ0n) is 12.8. The van der Waals surface area contributed by atoms with E-state index in [2.05, 4.69) is 60.1 Å². The molecule has 1 aromatic rings. The zero-order chi connectivity index (χ0) is 13.9. The predicted octanol–water partition coefficient (Wildman–Crippen LogP) is 2.25. The fourth-order valence-electron chi connectivity index (χ4n) is 2.46. The van der Waals surface area contributed by atoms with Crippen LogP contribution in [0.3, 0.4) is 0 Å². The summed E-state index contributed by atoms with van der Waals surface area (Å²) in [7, 11) is 1.83. The molecular weight excluding hydrogens is 225 g/mol. The van der Waals surface area contributed by atoms with E-state index in [0.29, 0.717) is 0 Å². The molecule has 0 aromatic carbocycles. The summed E-state index contributed by atoms with van der Waals surface area (Å²) < 4.78 is 14.5. The Balaban J connectivity index is 2.45. The third-order valence-electron chi connectivity index (χ3n) is 4.83. The van der Waals surface area contributed by atoms with Crippen LogP contribution < -0.4 is 5.46 Å². The average Bonchev–Trinajstić information content (AvgIpc) is 2.55. The van der Waals surface area contributed by atoms with Crippen molar-refractivity contribution in [1.29, 1.82) is 0 Å². The lowest BCUT2D eigenvalue weighted by molar-refractivity contribution is 0.00578. The number of nitrogens with zero attached hydrogens (tertiary/aromatic N) is 1. The van der Waals surface area contributed by atoms with Gasteiger partial charge in [0, 0.05) is 23.9 Å². The minimum Gasteiger partial charge on any atom is -0.399 e. The Hall–Kier alpha value is -0.735. The molecule has 0 unspecified atom stereocenters. The average molecular weight is 249 g/mol. The van der Waals surface area contributed by atoms with Crippen LogP contribution in [-0.2, 0) is 16.4 Å². The van der Waals surface area contributed by atoms with Gasteiger partial charge in [0.1, 0.15) is 0 Å². The van der Waals surface area contributed by atoms with Crippen LogP contribution in [-0.4, -0.2) is 22.9 Å². The van der Waals surface area contributed by atoms with Gasteiger partial charge in [-0.1, -0.05) is 0 Å². The van der Waals surface area contributed by atoms with Crippen LogP contribution in [0.1, 0.15) is 44.6 Å². The molecule has 100 valence electrons. The summed E-state index contributed by atoms with van der Waals surface area (Å²) in [5.41, 5.74) is 4.41. The van der Waals surface area contributed by atoms with Crippen LogP contribution >= 0.6 is 0 Å². The molecule has 1 aromatic heterocycles. The molecule has 0 saturated carbocycles. The van der Waals surface area contributed by atoms with E-state index in [1.54, 1.807) is 0 Å². The van der Waals surface area contributed by atoms with E-state index in [-0.39, 0.29) is 18.3 Å². The third-order valence-corrected chi connectivity index (χ3v) is 4.83. The molecule has 3 nitrogen and oxygen atoms in total. The van der Waals surface area contributed by atoms with Crippen molar-refractivity contribution in [2.24, 2.45) is 7.05 Å². The molecule has 0 spiro atoms. The Kier molecular flexibility index (Phi) is 2.95. The summed E-state index contributed by atoms with van der Waals surface area (Å²) in [6.45, 7) is 14.8.